The number of aryl methyl sites for hydroxylation is 1. The Hall–Kier alpha value is -3.23. The first-order valence-corrected chi connectivity index (χ1v) is 12.0. The molecule has 156 valence electrons. The van der Waals surface area contributed by atoms with Crippen LogP contribution >= 0.6 is 11.3 Å². The van der Waals surface area contributed by atoms with Gasteiger partial charge < -0.3 is 4.90 Å². The molecule has 8 heteroatoms. The molecular formula is C23H19N3O3S2. The number of likely N-dealkylation sites (N-methyl/N-ethyl adjacent to an activating group) is 1. The van der Waals surface area contributed by atoms with Crippen LogP contribution in [-0.4, -0.2) is 26.4 Å². The van der Waals surface area contributed by atoms with E-state index in [2.05, 4.69) is 9.71 Å². The van der Waals surface area contributed by atoms with Crippen molar-refractivity contribution in [2.45, 2.75) is 18.2 Å². The lowest BCUT2D eigenvalue weighted by molar-refractivity contribution is -0.117. The van der Waals surface area contributed by atoms with Crippen LogP contribution in [0.3, 0.4) is 0 Å². The van der Waals surface area contributed by atoms with Gasteiger partial charge in [0.2, 0.25) is 5.91 Å². The Morgan fingerprint density at radius 1 is 1.06 bits per heavy atom. The molecule has 2 heterocycles. The summed E-state index contributed by atoms with van der Waals surface area (Å²) in [7, 11) is -2.09. The van der Waals surface area contributed by atoms with Gasteiger partial charge in [-0.15, -0.1) is 11.3 Å². The van der Waals surface area contributed by atoms with Crippen molar-refractivity contribution in [3.05, 3.63) is 71.8 Å². The van der Waals surface area contributed by atoms with Crippen LogP contribution in [0.2, 0.25) is 0 Å². The first kappa shape index (κ1) is 19.7. The molecule has 1 aromatic heterocycles. The van der Waals surface area contributed by atoms with E-state index >= 15 is 0 Å². The van der Waals surface area contributed by atoms with Gasteiger partial charge in [0.1, 0.15) is 5.01 Å². The normalized spacial score (nSPS) is 13.6. The molecule has 0 fully saturated rings. The SMILES string of the molecule is Cc1cc(-c2nc3ccccc3s2)ccc1NS(=O)(=O)c1ccc2c(c1)CC(=O)N2C. The highest BCUT2D eigenvalue weighted by Crippen LogP contribution is 2.33. The first-order valence-electron chi connectivity index (χ1n) is 9.71. The fourth-order valence-corrected chi connectivity index (χ4v) is 5.87. The van der Waals surface area contributed by atoms with E-state index in [9.17, 15) is 13.2 Å². The van der Waals surface area contributed by atoms with Crippen molar-refractivity contribution >= 4 is 48.9 Å². The Labute approximate surface area is 184 Å². The van der Waals surface area contributed by atoms with E-state index in [0.29, 0.717) is 5.69 Å². The van der Waals surface area contributed by atoms with E-state index in [1.165, 1.54) is 6.07 Å². The van der Waals surface area contributed by atoms with Crippen LogP contribution in [0.25, 0.3) is 20.8 Å². The van der Waals surface area contributed by atoms with E-state index in [-0.39, 0.29) is 17.2 Å². The highest BCUT2D eigenvalue weighted by Gasteiger charge is 2.26. The van der Waals surface area contributed by atoms with Crippen molar-refractivity contribution in [1.82, 2.24) is 4.98 Å². The maximum absolute atomic E-state index is 13.0. The molecule has 6 nitrogen and oxygen atoms in total. The lowest BCUT2D eigenvalue weighted by Crippen LogP contribution is -2.20. The van der Waals surface area contributed by atoms with Gasteiger partial charge in [-0.1, -0.05) is 12.1 Å². The number of benzene rings is 3. The third-order valence-electron chi connectivity index (χ3n) is 5.45. The van der Waals surface area contributed by atoms with Crippen LogP contribution < -0.4 is 9.62 Å². The minimum absolute atomic E-state index is 0.0428. The number of nitrogens with one attached hydrogen (secondary N) is 1. The van der Waals surface area contributed by atoms with Gasteiger partial charge in [-0.05, 0) is 66.6 Å². The number of sulfonamides is 1. The minimum Gasteiger partial charge on any atom is -0.315 e. The summed E-state index contributed by atoms with van der Waals surface area (Å²) in [6, 6.07) is 18.3. The van der Waals surface area contributed by atoms with Crippen molar-refractivity contribution in [1.29, 1.82) is 0 Å². The molecule has 4 aromatic rings. The van der Waals surface area contributed by atoms with E-state index < -0.39 is 10.0 Å². The number of carbonyl (C=O) groups excluding carboxylic acids is 1. The molecule has 0 spiro atoms. The third-order valence-corrected chi connectivity index (χ3v) is 7.90. The molecule has 5 rings (SSSR count). The third kappa shape index (κ3) is 3.47. The molecule has 0 radical (unpaired) electrons. The van der Waals surface area contributed by atoms with Crippen LogP contribution in [0.5, 0.6) is 0 Å². The molecule has 0 aliphatic carbocycles. The zero-order valence-corrected chi connectivity index (χ0v) is 18.5. The molecule has 3 aromatic carbocycles. The summed E-state index contributed by atoms with van der Waals surface area (Å²) >= 11 is 1.61. The van der Waals surface area contributed by atoms with Crippen molar-refractivity contribution in [2.75, 3.05) is 16.7 Å². The molecule has 0 unspecified atom stereocenters. The van der Waals surface area contributed by atoms with Crippen molar-refractivity contribution in [3.63, 3.8) is 0 Å². The smallest absolute Gasteiger partial charge is 0.261 e. The molecule has 0 bridgehead atoms. The number of thiazole rings is 1. The second-order valence-electron chi connectivity index (χ2n) is 7.54. The number of para-hydroxylation sites is 1. The Balaban J connectivity index is 1.43. The number of anilines is 2. The lowest BCUT2D eigenvalue weighted by atomic mass is 10.1. The number of hydrogen-bond acceptors (Lipinski definition) is 5. The van der Waals surface area contributed by atoms with Crippen molar-refractivity contribution < 1.29 is 13.2 Å². The minimum atomic E-state index is -3.78. The molecule has 0 atom stereocenters. The zero-order chi connectivity index (χ0) is 21.8. The van der Waals surface area contributed by atoms with E-state index in [1.54, 1.807) is 41.5 Å². The van der Waals surface area contributed by atoms with Gasteiger partial charge in [-0.25, -0.2) is 13.4 Å². The highest BCUT2D eigenvalue weighted by atomic mass is 32.2. The second kappa shape index (κ2) is 7.18. The number of fused-ring (bicyclic) bond motifs is 2. The van der Waals surface area contributed by atoms with Crippen LogP contribution in [0.1, 0.15) is 11.1 Å². The summed E-state index contributed by atoms with van der Waals surface area (Å²) < 4.78 is 29.7. The first-order chi connectivity index (χ1) is 14.8. The zero-order valence-electron chi connectivity index (χ0n) is 16.9. The summed E-state index contributed by atoms with van der Waals surface area (Å²) in [6.45, 7) is 1.87. The average Bonchev–Trinajstić information content (AvgIpc) is 3.30. The summed E-state index contributed by atoms with van der Waals surface area (Å²) in [4.78, 5) is 18.2. The number of rotatable bonds is 4. The molecule has 1 aliphatic heterocycles. The van der Waals surface area contributed by atoms with Gasteiger partial charge in [0.05, 0.1) is 27.2 Å². The molecule has 1 aliphatic rings. The van der Waals surface area contributed by atoms with Gasteiger partial charge in [0, 0.05) is 18.3 Å². The maximum atomic E-state index is 13.0. The monoisotopic (exact) mass is 449 g/mol. The number of amides is 1. The van der Waals surface area contributed by atoms with E-state index in [1.807, 2.05) is 43.3 Å². The number of nitrogens with zero attached hydrogens (tertiary/aromatic N) is 2. The quantitative estimate of drug-likeness (QED) is 0.494. The van der Waals surface area contributed by atoms with Gasteiger partial charge in [0.25, 0.3) is 10.0 Å². The Bertz CT molecular complexity index is 1430. The van der Waals surface area contributed by atoms with Crippen LogP contribution in [-0.2, 0) is 21.2 Å². The predicted molar refractivity (Wildman–Crippen MR) is 124 cm³/mol. The Morgan fingerprint density at radius 2 is 1.87 bits per heavy atom. The van der Waals surface area contributed by atoms with Crippen LogP contribution in [0.15, 0.2) is 65.6 Å². The molecule has 0 saturated heterocycles. The summed E-state index contributed by atoms with van der Waals surface area (Å²) in [5.74, 6) is -0.0428. The van der Waals surface area contributed by atoms with Gasteiger partial charge in [-0.2, -0.15) is 0 Å². The van der Waals surface area contributed by atoms with Gasteiger partial charge in [0.15, 0.2) is 0 Å². The maximum Gasteiger partial charge on any atom is 0.261 e. The van der Waals surface area contributed by atoms with Crippen molar-refractivity contribution in [2.24, 2.45) is 0 Å². The predicted octanol–water partition coefficient (Wildman–Crippen LogP) is 4.59. The number of hydrogen-bond donors (Lipinski definition) is 1. The van der Waals surface area contributed by atoms with Crippen molar-refractivity contribution in [3.8, 4) is 10.6 Å². The number of carbonyl (C=O) groups is 1. The fraction of sp³-hybridized carbons (Fsp3) is 0.130. The molecule has 1 N–H and O–H groups in total. The Kier molecular flexibility index (Phi) is 4.56. The molecular weight excluding hydrogens is 430 g/mol. The van der Waals surface area contributed by atoms with E-state index in [0.717, 1.165) is 37.6 Å². The number of aromatic nitrogens is 1. The highest BCUT2D eigenvalue weighted by molar-refractivity contribution is 7.92. The summed E-state index contributed by atoms with van der Waals surface area (Å²) in [5, 5.41) is 0.895. The van der Waals surface area contributed by atoms with Crippen LogP contribution in [0.4, 0.5) is 11.4 Å². The van der Waals surface area contributed by atoms with Crippen LogP contribution in [0, 0.1) is 6.92 Å². The second-order valence-corrected chi connectivity index (χ2v) is 10.3. The largest absolute Gasteiger partial charge is 0.315 e. The average molecular weight is 450 g/mol. The standard InChI is InChI=1S/C23H19N3O3S2/c1-14-11-15(23-24-19-5-3-4-6-21(19)30-23)7-9-18(14)25-31(28,29)17-8-10-20-16(12-17)13-22(27)26(20)2/h3-12,25H,13H2,1-2H3. The van der Waals surface area contributed by atoms with Gasteiger partial charge in [-0.3, -0.25) is 9.52 Å². The lowest BCUT2D eigenvalue weighted by Gasteiger charge is -2.13. The topological polar surface area (TPSA) is 79.4 Å². The van der Waals surface area contributed by atoms with E-state index in [4.69, 9.17) is 0 Å². The summed E-state index contributed by atoms with van der Waals surface area (Å²) in [5.41, 5.74) is 4.68. The van der Waals surface area contributed by atoms with Gasteiger partial charge >= 0.3 is 0 Å². The molecule has 0 saturated carbocycles. The summed E-state index contributed by atoms with van der Waals surface area (Å²) in [6.07, 6.45) is 0.213. The molecule has 31 heavy (non-hydrogen) atoms. The molecule has 1 amide bonds. The Morgan fingerprint density at radius 3 is 2.65 bits per heavy atom. The fourth-order valence-electron chi connectivity index (χ4n) is 3.72.